The highest BCUT2D eigenvalue weighted by molar-refractivity contribution is 5.79. The number of amides is 1. The number of hydrogen-bond donors (Lipinski definition) is 1. The summed E-state index contributed by atoms with van der Waals surface area (Å²) in [6.45, 7) is 0.837. The van der Waals surface area contributed by atoms with E-state index in [1.807, 2.05) is 84.9 Å². The first-order valence-electron chi connectivity index (χ1n) is 12.6. The fraction of sp³-hybridized carbons (Fsp3) is 0.219. The Labute approximate surface area is 218 Å². The first-order chi connectivity index (χ1) is 18.2. The number of methoxy groups -OCH3 is 1. The van der Waals surface area contributed by atoms with E-state index in [-0.39, 0.29) is 31.3 Å². The molecule has 0 radical (unpaired) electrons. The second-order valence-corrected chi connectivity index (χ2v) is 9.16. The van der Waals surface area contributed by atoms with Crippen LogP contribution in [-0.4, -0.2) is 39.1 Å². The zero-order valence-corrected chi connectivity index (χ0v) is 20.9. The minimum absolute atomic E-state index is 0.0100. The van der Waals surface area contributed by atoms with Crippen LogP contribution < -0.4 is 5.32 Å². The maximum absolute atomic E-state index is 12.8. The minimum atomic E-state index is -0.483. The number of carbonyl (C=O) groups is 1. The Balaban J connectivity index is 1.23. The second-order valence-electron chi connectivity index (χ2n) is 9.16. The van der Waals surface area contributed by atoms with Crippen LogP contribution in [0, 0.1) is 0 Å². The summed E-state index contributed by atoms with van der Waals surface area (Å²) in [7, 11) is 1.61. The molecular weight excluding hydrogens is 462 g/mol. The van der Waals surface area contributed by atoms with E-state index in [0.29, 0.717) is 6.61 Å². The smallest absolute Gasteiger partial charge is 0.407 e. The van der Waals surface area contributed by atoms with Crippen LogP contribution in [-0.2, 0) is 14.2 Å². The molecule has 0 spiro atoms. The van der Waals surface area contributed by atoms with Crippen molar-refractivity contribution in [3.8, 4) is 11.1 Å². The molecule has 1 aliphatic rings. The van der Waals surface area contributed by atoms with Crippen LogP contribution in [0.2, 0.25) is 0 Å². The van der Waals surface area contributed by atoms with E-state index in [4.69, 9.17) is 14.2 Å². The van der Waals surface area contributed by atoms with Crippen molar-refractivity contribution in [3.05, 3.63) is 131 Å². The van der Waals surface area contributed by atoms with Gasteiger partial charge in [0.1, 0.15) is 12.7 Å². The van der Waals surface area contributed by atoms with Gasteiger partial charge < -0.3 is 19.5 Å². The van der Waals surface area contributed by atoms with Gasteiger partial charge in [-0.05, 0) is 33.4 Å². The van der Waals surface area contributed by atoms with Crippen molar-refractivity contribution >= 4 is 6.09 Å². The molecule has 5 nitrogen and oxygen atoms in total. The van der Waals surface area contributed by atoms with E-state index in [1.54, 1.807) is 7.11 Å². The zero-order valence-electron chi connectivity index (χ0n) is 20.9. The van der Waals surface area contributed by atoms with E-state index >= 15 is 0 Å². The van der Waals surface area contributed by atoms with E-state index in [1.165, 1.54) is 22.3 Å². The number of fused-ring (bicyclic) bond motifs is 3. The number of rotatable bonds is 10. The summed E-state index contributed by atoms with van der Waals surface area (Å²) in [5.74, 6) is 0.0100. The Morgan fingerprint density at radius 1 is 0.730 bits per heavy atom. The molecule has 0 aromatic heterocycles. The van der Waals surface area contributed by atoms with Crippen molar-refractivity contribution in [1.82, 2.24) is 5.32 Å². The van der Waals surface area contributed by atoms with Gasteiger partial charge in [-0.15, -0.1) is 0 Å². The van der Waals surface area contributed by atoms with Crippen LogP contribution in [0.4, 0.5) is 4.79 Å². The minimum Gasteiger partial charge on any atom is -0.449 e. The Kier molecular flexibility index (Phi) is 7.94. The molecule has 0 saturated carbocycles. The molecule has 1 aliphatic carbocycles. The average Bonchev–Trinajstić information content (AvgIpc) is 3.27. The van der Waals surface area contributed by atoms with E-state index in [2.05, 4.69) is 29.6 Å². The lowest BCUT2D eigenvalue weighted by molar-refractivity contribution is 0.0372. The highest BCUT2D eigenvalue weighted by atomic mass is 16.6. The first-order valence-corrected chi connectivity index (χ1v) is 12.6. The molecule has 4 aromatic carbocycles. The van der Waals surface area contributed by atoms with Gasteiger partial charge in [0.05, 0.1) is 19.3 Å². The Morgan fingerprint density at radius 2 is 1.24 bits per heavy atom. The van der Waals surface area contributed by atoms with Gasteiger partial charge in [0.15, 0.2) is 0 Å². The quantitative estimate of drug-likeness (QED) is 0.280. The van der Waals surface area contributed by atoms with Crippen molar-refractivity contribution in [2.75, 3.05) is 26.9 Å². The van der Waals surface area contributed by atoms with Gasteiger partial charge in [0.2, 0.25) is 0 Å². The summed E-state index contributed by atoms with van der Waals surface area (Å²) in [6, 6.07) is 36.4. The average molecular weight is 494 g/mol. The number of nitrogens with one attached hydrogen (secondary N) is 1. The monoisotopic (exact) mass is 493 g/mol. The molecule has 5 rings (SSSR count). The van der Waals surface area contributed by atoms with Gasteiger partial charge in [0, 0.05) is 13.0 Å². The van der Waals surface area contributed by atoms with Crippen LogP contribution >= 0.6 is 0 Å². The lowest BCUT2D eigenvalue weighted by Crippen LogP contribution is -2.42. The van der Waals surface area contributed by atoms with Gasteiger partial charge >= 0.3 is 6.09 Å². The van der Waals surface area contributed by atoms with Crippen molar-refractivity contribution < 1.29 is 19.0 Å². The van der Waals surface area contributed by atoms with Crippen molar-refractivity contribution in [3.63, 3.8) is 0 Å². The summed E-state index contributed by atoms with van der Waals surface area (Å²) >= 11 is 0. The standard InChI is InChI=1S/C32H31NO4/c1-35-20-25(21-36-31(23-12-4-2-5-13-23)24-14-6-3-7-15-24)33-32(34)37-22-30-28-18-10-8-16-26(28)27-17-9-11-19-29(27)30/h2-19,25,30-31H,20-22H2,1H3,(H,33,34)/t25-/m0/s1. The predicted octanol–water partition coefficient (Wildman–Crippen LogP) is 6.35. The number of hydrogen-bond acceptors (Lipinski definition) is 4. The van der Waals surface area contributed by atoms with E-state index in [0.717, 1.165) is 11.1 Å². The van der Waals surface area contributed by atoms with Gasteiger partial charge in [-0.2, -0.15) is 0 Å². The van der Waals surface area contributed by atoms with Crippen LogP contribution in [0.1, 0.15) is 34.3 Å². The van der Waals surface area contributed by atoms with Crippen LogP contribution in [0.25, 0.3) is 11.1 Å². The van der Waals surface area contributed by atoms with Gasteiger partial charge in [-0.25, -0.2) is 4.79 Å². The van der Waals surface area contributed by atoms with Crippen molar-refractivity contribution in [1.29, 1.82) is 0 Å². The molecular formula is C32H31NO4. The SMILES string of the molecule is COC[C@@H](COC(c1ccccc1)c1ccccc1)NC(=O)OCC1c2ccccc2-c2ccccc21. The van der Waals surface area contributed by atoms with Crippen molar-refractivity contribution in [2.45, 2.75) is 18.1 Å². The van der Waals surface area contributed by atoms with E-state index in [9.17, 15) is 4.79 Å². The topological polar surface area (TPSA) is 56.8 Å². The molecule has 0 fully saturated rings. The van der Waals surface area contributed by atoms with Gasteiger partial charge in [-0.3, -0.25) is 0 Å². The zero-order chi connectivity index (χ0) is 25.5. The molecule has 1 N–H and O–H groups in total. The molecule has 0 heterocycles. The van der Waals surface area contributed by atoms with Crippen LogP contribution in [0.3, 0.4) is 0 Å². The van der Waals surface area contributed by atoms with Crippen LogP contribution in [0.15, 0.2) is 109 Å². The highest BCUT2D eigenvalue weighted by Gasteiger charge is 2.29. The third kappa shape index (κ3) is 5.74. The molecule has 188 valence electrons. The van der Waals surface area contributed by atoms with E-state index < -0.39 is 6.09 Å². The molecule has 5 heteroatoms. The van der Waals surface area contributed by atoms with Crippen LogP contribution in [0.5, 0.6) is 0 Å². The Bertz CT molecular complexity index is 1220. The Morgan fingerprint density at radius 3 is 1.78 bits per heavy atom. The van der Waals surface area contributed by atoms with Crippen molar-refractivity contribution in [2.24, 2.45) is 0 Å². The molecule has 1 atom stereocenters. The largest absolute Gasteiger partial charge is 0.449 e. The molecule has 1 amide bonds. The second kappa shape index (κ2) is 11.9. The number of ether oxygens (including phenoxy) is 3. The fourth-order valence-electron chi connectivity index (χ4n) is 4.99. The first kappa shape index (κ1) is 24.8. The lowest BCUT2D eigenvalue weighted by Gasteiger charge is -2.24. The third-order valence-electron chi connectivity index (χ3n) is 6.70. The van der Waals surface area contributed by atoms with Gasteiger partial charge in [0.25, 0.3) is 0 Å². The normalized spacial score (nSPS) is 13.1. The Hall–Kier alpha value is -3.93. The molecule has 0 saturated heterocycles. The molecule has 0 unspecified atom stereocenters. The molecule has 0 aliphatic heterocycles. The maximum atomic E-state index is 12.8. The highest BCUT2D eigenvalue weighted by Crippen LogP contribution is 2.44. The third-order valence-corrected chi connectivity index (χ3v) is 6.70. The van der Waals surface area contributed by atoms with Gasteiger partial charge in [-0.1, -0.05) is 109 Å². The summed E-state index contributed by atoms with van der Waals surface area (Å²) in [5.41, 5.74) is 6.86. The number of carbonyl (C=O) groups excluding carboxylic acids is 1. The number of alkyl carbamates (subject to hydrolysis) is 1. The molecule has 0 bridgehead atoms. The summed E-state index contributed by atoms with van der Waals surface area (Å²) in [5, 5.41) is 2.94. The fourth-order valence-corrected chi connectivity index (χ4v) is 4.99. The summed E-state index contributed by atoms with van der Waals surface area (Å²) < 4.78 is 17.5. The molecule has 37 heavy (non-hydrogen) atoms. The number of benzene rings is 4. The predicted molar refractivity (Wildman–Crippen MR) is 145 cm³/mol. The maximum Gasteiger partial charge on any atom is 0.407 e. The summed E-state index contributed by atoms with van der Waals surface area (Å²) in [4.78, 5) is 12.8. The lowest BCUT2D eigenvalue weighted by atomic mass is 9.98. The molecule has 4 aromatic rings. The summed E-state index contributed by atoms with van der Waals surface area (Å²) in [6.07, 6.45) is -0.741.